The number of halogens is 4. The number of anilines is 1. The van der Waals surface area contributed by atoms with Crippen molar-refractivity contribution < 1.29 is 22.7 Å². The maximum Gasteiger partial charge on any atom is 0.434 e. The summed E-state index contributed by atoms with van der Waals surface area (Å²) in [4.78, 5) is 22.1. The van der Waals surface area contributed by atoms with Crippen molar-refractivity contribution >= 4 is 33.5 Å². The molecule has 7 nitrogen and oxygen atoms in total. The lowest BCUT2D eigenvalue weighted by Crippen LogP contribution is -2.47. The monoisotopic (exact) mass is 477 g/mol. The highest BCUT2D eigenvalue weighted by molar-refractivity contribution is 9.10. The minimum atomic E-state index is -4.59. The van der Waals surface area contributed by atoms with Crippen molar-refractivity contribution in [3.63, 3.8) is 0 Å². The van der Waals surface area contributed by atoms with Crippen molar-refractivity contribution in [2.24, 2.45) is 0 Å². The fourth-order valence-corrected chi connectivity index (χ4v) is 3.88. The van der Waals surface area contributed by atoms with E-state index in [1.165, 1.54) is 6.20 Å². The number of nitrogens with one attached hydrogen (secondary N) is 1. The summed E-state index contributed by atoms with van der Waals surface area (Å²) in [6.07, 6.45) is -2.15. The summed E-state index contributed by atoms with van der Waals surface area (Å²) in [5, 5.41) is 3.16. The van der Waals surface area contributed by atoms with Gasteiger partial charge in [0.2, 0.25) is 0 Å². The number of likely N-dealkylation sites (tertiary alicyclic amines) is 1. The summed E-state index contributed by atoms with van der Waals surface area (Å²) in [6, 6.07) is -0.187. The minimum Gasteiger partial charge on any atom is -0.444 e. The Morgan fingerprint density at radius 3 is 2.66 bits per heavy atom. The maximum atomic E-state index is 13.5. The molecule has 11 heteroatoms. The van der Waals surface area contributed by atoms with Crippen LogP contribution < -0.4 is 5.32 Å². The molecule has 0 bridgehead atoms. The van der Waals surface area contributed by atoms with E-state index in [1.807, 2.05) is 0 Å². The second-order valence-electron chi connectivity index (χ2n) is 8.07. The third-order valence-corrected chi connectivity index (χ3v) is 5.01. The molecule has 3 heterocycles. The van der Waals surface area contributed by atoms with Crippen LogP contribution in [0, 0.1) is 6.92 Å². The number of aryl methyl sites for hydroxylation is 1. The number of carbonyl (C=O) groups excluding carboxylic acids is 1. The normalized spacial score (nSPS) is 18.2. The molecule has 0 aromatic carbocycles. The van der Waals surface area contributed by atoms with Gasteiger partial charge in [-0.1, -0.05) is 0 Å². The van der Waals surface area contributed by atoms with Gasteiger partial charge >= 0.3 is 12.3 Å². The standard InChI is InChI=1S/C18H23BrF3N5O2/c1-10-8-23-15-14(25-13(19)12(27(10)15)18(20,21)22)24-11-6-5-7-26(9-11)16(28)29-17(2,3)4/h8,11H,5-7,9H2,1-4H3,(H,24,25)/t11-/m0/s1. The van der Waals surface area contributed by atoms with E-state index in [2.05, 4.69) is 31.2 Å². The van der Waals surface area contributed by atoms with Gasteiger partial charge in [0.1, 0.15) is 10.2 Å². The van der Waals surface area contributed by atoms with Gasteiger partial charge in [-0.3, -0.25) is 4.40 Å². The first-order valence-corrected chi connectivity index (χ1v) is 10.0. The van der Waals surface area contributed by atoms with Crippen LogP contribution in [0.25, 0.3) is 5.65 Å². The third-order valence-electron chi connectivity index (χ3n) is 4.46. The summed E-state index contributed by atoms with van der Waals surface area (Å²) in [5.41, 5.74) is -1.08. The molecular formula is C18H23BrF3N5O2. The summed E-state index contributed by atoms with van der Waals surface area (Å²) in [7, 11) is 0. The SMILES string of the molecule is Cc1cnc2c(N[C@H]3CCCN(C(=O)OC(C)(C)C)C3)nc(Br)c(C(F)(F)F)n12. The lowest BCUT2D eigenvalue weighted by molar-refractivity contribution is -0.143. The number of aromatic nitrogens is 3. The molecule has 3 rings (SSSR count). The Kier molecular flexibility index (Phi) is 5.72. The lowest BCUT2D eigenvalue weighted by atomic mass is 10.1. The number of fused-ring (bicyclic) bond motifs is 1. The van der Waals surface area contributed by atoms with E-state index in [-0.39, 0.29) is 22.1 Å². The molecule has 29 heavy (non-hydrogen) atoms. The number of alkyl halides is 3. The van der Waals surface area contributed by atoms with Crippen LogP contribution in [0.4, 0.5) is 23.8 Å². The molecule has 1 fully saturated rings. The molecule has 0 unspecified atom stereocenters. The van der Waals surface area contributed by atoms with Gasteiger partial charge in [-0.25, -0.2) is 14.8 Å². The van der Waals surface area contributed by atoms with Crippen LogP contribution in [0.3, 0.4) is 0 Å². The van der Waals surface area contributed by atoms with Crippen LogP contribution in [-0.4, -0.2) is 50.1 Å². The van der Waals surface area contributed by atoms with Crippen LogP contribution in [0.5, 0.6) is 0 Å². The van der Waals surface area contributed by atoms with Crippen molar-refractivity contribution in [2.75, 3.05) is 18.4 Å². The van der Waals surface area contributed by atoms with Gasteiger partial charge in [0.25, 0.3) is 0 Å². The Morgan fingerprint density at radius 1 is 1.34 bits per heavy atom. The van der Waals surface area contributed by atoms with E-state index in [1.54, 1.807) is 32.6 Å². The number of imidazole rings is 1. The van der Waals surface area contributed by atoms with Crippen LogP contribution >= 0.6 is 15.9 Å². The summed E-state index contributed by atoms with van der Waals surface area (Å²) in [6.45, 7) is 7.87. The number of rotatable bonds is 2. The average molecular weight is 478 g/mol. The van der Waals surface area contributed by atoms with E-state index < -0.39 is 23.6 Å². The molecule has 0 radical (unpaired) electrons. The number of ether oxygens (including phenoxy) is 1. The zero-order valence-corrected chi connectivity index (χ0v) is 18.2. The molecule has 1 N–H and O–H groups in total. The van der Waals surface area contributed by atoms with E-state index in [0.29, 0.717) is 18.8 Å². The van der Waals surface area contributed by atoms with Crippen LogP contribution in [-0.2, 0) is 10.9 Å². The number of nitrogens with zero attached hydrogens (tertiary/aromatic N) is 4. The van der Waals surface area contributed by atoms with Crippen LogP contribution in [0.15, 0.2) is 10.8 Å². The topological polar surface area (TPSA) is 71.8 Å². The van der Waals surface area contributed by atoms with E-state index in [9.17, 15) is 18.0 Å². The number of carbonyl (C=O) groups is 1. The second-order valence-corrected chi connectivity index (χ2v) is 8.82. The molecule has 160 valence electrons. The summed E-state index contributed by atoms with van der Waals surface area (Å²) < 4.78 is 46.6. The van der Waals surface area contributed by atoms with E-state index in [4.69, 9.17) is 4.74 Å². The molecule has 0 spiro atoms. The van der Waals surface area contributed by atoms with Gasteiger partial charge in [0.05, 0.1) is 0 Å². The summed E-state index contributed by atoms with van der Waals surface area (Å²) >= 11 is 2.95. The second kappa shape index (κ2) is 7.66. The van der Waals surface area contributed by atoms with Gasteiger partial charge in [0.15, 0.2) is 17.2 Å². The largest absolute Gasteiger partial charge is 0.444 e. The molecule has 1 atom stereocenters. The molecule has 1 saturated heterocycles. The van der Waals surface area contributed by atoms with Gasteiger partial charge in [-0.05, 0) is 56.5 Å². The van der Waals surface area contributed by atoms with Gasteiger partial charge in [0, 0.05) is 31.0 Å². The fraction of sp³-hybridized carbons (Fsp3) is 0.611. The lowest BCUT2D eigenvalue weighted by Gasteiger charge is -2.34. The first kappa shape index (κ1) is 21.7. The highest BCUT2D eigenvalue weighted by Gasteiger charge is 2.38. The summed E-state index contributed by atoms with van der Waals surface area (Å²) in [5.74, 6) is 0.231. The first-order chi connectivity index (χ1) is 13.4. The zero-order chi connectivity index (χ0) is 21.6. The molecule has 1 aliphatic heterocycles. The quantitative estimate of drug-likeness (QED) is 0.682. The molecule has 0 saturated carbocycles. The molecule has 0 aliphatic carbocycles. The van der Waals surface area contributed by atoms with Crippen molar-refractivity contribution in [1.29, 1.82) is 0 Å². The Labute approximate surface area is 174 Å². The Morgan fingerprint density at radius 2 is 2.03 bits per heavy atom. The predicted octanol–water partition coefficient (Wildman–Crippen LogP) is 4.63. The smallest absolute Gasteiger partial charge is 0.434 e. The van der Waals surface area contributed by atoms with Crippen LogP contribution in [0.2, 0.25) is 0 Å². The first-order valence-electron chi connectivity index (χ1n) is 9.22. The van der Waals surface area contributed by atoms with Crippen molar-refractivity contribution in [1.82, 2.24) is 19.3 Å². The highest BCUT2D eigenvalue weighted by Crippen LogP contribution is 2.36. The van der Waals surface area contributed by atoms with E-state index >= 15 is 0 Å². The number of hydrogen-bond acceptors (Lipinski definition) is 5. The molecular weight excluding hydrogens is 455 g/mol. The van der Waals surface area contributed by atoms with Crippen LogP contribution in [0.1, 0.15) is 45.0 Å². The highest BCUT2D eigenvalue weighted by atomic mass is 79.9. The fourth-order valence-electron chi connectivity index (χ4n) is 3.30. The number of piperidine rings is 1. The zero-order valence-electron chi connectivity index (χ0n) is 16.6. The van der Waals surface area contributed by atoms with Crippen molar-refractivity contribution in [3.8, 4) is 0 Å². The maximum absolute atomic E-state index is 13.5. The Balaban J connectivity index is 1.86. The molecule has 1 aliphatic rings. The number of amides is 1. The minimum absolute atomic E-state index is 0.0902. The third kappa shape index (κ3) is 4.76. The molecule has 2 aromatic rings. The Bertz CT molecular complexity index is 923. The van der Waals surface area contributed by atoms with Gasteiger partial charge < -0.3 is 15.0 Å². The Hall–Kier alpha value is -2.04. The van der Waals surface area contributed by atoms with Gasteiger partial charge in [-0.15, -0.1) is 0 Å². The molecule has 1 amide bonds. The van der Waals surface area contributed by atoms with Crippen molar-refractivity contribution in [3.05, 3.63) is 22.2 Å². The predicted molar refractivity (Wildman–Crippen MR) is 105 cm³/mol. The molecule has 2 aromatic heterocycles. The average Bonchev–Trinajstić information content (AvgIpc) is 2.94. The van der Waals surface area contributed by atoms with E-state index in [0.717, 1.165) is 17.2 Å². The number of hydrogen-bond donors (Lipinski definition) is 1. The van der Waals surface area contributed by atoms with Gasteiger partial charge in [-0.2, -0.15) is 13.2 Å². The van der Waals surface area contributed by atoms with Crippen molar-refractivity contribution in [2.45, 2.75) is 58.4 Å².